The second-order valence-corrected chi connectivity index (χ2v) is 10.4. The van der Waals surface area contributed by atoms with Gasteiger partial charge in [-0.2, -0.15) is 4.31 Å². The standard InChI is InChI=1S/C19H25N5O3S2/c1-23-18(21-22-19(23)28-13-17(25)20-15-9-10-15)14-6-5-11-24(12-14)29(26,27)16-7-3-2-4-8-16/h2-4,7-8,14-15H,5-6,9-13H2,1H3,(H,20,25). The van der Waals surface area contributed by atoms with Gasteiger partial charge in [0.05, 0.1) is 10.6 Å². The van der Waals surface area contributed by atoms with Crippen LogP contribution in [-0.4, -0.2) is 58.3 Å². The minimum Gasteiger partial charge on any atom is -0.353 e. The zero-order valence-electron chi connectivity index (χ0n) is 16.3. The smallest absolute Gasteiger partial charge is 0.243 e. The zero-order valence-corrected chi connectivity index (χ0v) is 18.0. The second kappa shape index (κ2) is 8.45. The van der Waals surface area contributed by atoms with Crippen LogP contribution in [0.4, 0.5) is 0 Å². The van der Waals surface area contributed by atoms with Gasteiger partial charge in [-0.05, 0) is 37.8 Å². The van der Waals surface area contributed by atoms with Crippen LogP contribution in [0.15, 0.2) is 40.4 Å². The van der Waals surface area contributed by atoms with Gasteiger partial charge in [0, 0.05) is 32.1 Å². The van der Waals surface area contributed by atoms with Gasteiger partial charge in [-0.1, -0.05) is 30.0 Å². The number of rotatable bonds is 7. The molecule has 2 fully saturated rings. The van der Waals surface area contributed by atoms with E-state index in [0.717, 1.165) is 31.5 Å². The van der Waals surface area contributed by atoms with Crippen molar-refractivity contribution in [1.29, 1.82) is 0 Å². The third-order valence-corrected chi connectivity index (χ3v) is 8.17. The van der Waals surface area contributed by atoms with Crippen molar-refractivity contribution in [1.82, 2.24) is 24.4 Å². The van der Waals surface area contributed by atoms with Gasteiger partial charge < -0.3 is 9.88 Å². The summed E-state index contributed by atoms with van der Waals surface area (Å²) in [7, 11) is -1.64. The van der Waals surface area contributed by atoms with Crippen LogP contribution in [0.1, 0.15) is 37.4 Å². The van der Waals surface area contributed by atoms with Crippen LogP contribution in [0.5, 0.6) is 0 Å². The Kier molecular flexibility index (Phi) is 5.93. The number of carbonyl (C=O) groups excluding carboxylic acids is 1. The zero-order chi connectivity index (χ0) is 20.4. The summed E-state index contributed by atoms with van der Waals surface area (Å²) in [5.74, 6) is 1.07. The number of nitrogens with one attached hydrogen (secondary N) is 1. The highest BCUT2D eigenvalue weighted by Crippen LogP contribution is 2.30. The predicted molar refractivity (Wildman–Crippen MR) is 110 cm³/mol. The molecule has 2 aliphatic rings. The van der Waals surface area contributed by atoms with E-state index in [1.807, 2.05) is 17.7 Å². The fourth-order valence-electron chi connectivity index (χ4n) is 3.55. The molecule has 0 spiro atoms. The van der Waals surface area contributed by atoms with Crippen LogP contribution in [0, 0.1) is 0 Å². The summed E-state index contributed by atoms with van der Waals surface area (Å²) in [6, 6.07) is 8.88. The van der Waals surface area contributed by atoms with Gasteiger partial charge in [0.25, 0.3) is 0 Å². The Balaban J connectivity index is 1.43. The lowest BCUT2D eigenvalue weighted by Crippen LogP contribution is -2.39. The van der Waals surface area contributed by atoms with Gasteiger partial charge in [0.2, 0.25) is 15.9 Å². The minimum atomic E-state index is -3.52. The summed E-state index contributed by atoms with van der Waals surface area (Å²) in [5, 5.41) is 12.2. The topological polar surface area (TPSA) is 97.2 Å². The summed E-state index contributed by atoms with van der Waals surface area (Å²) in [6.45, 7) is 0.893. The number of amides is 1. The first-order valence-corrected chi connectivity index (χ1v) is 12.2. The average molecular weight is 436 g/mol. The first kappa shape index (κ1) is 20.4. The SMILES string of the molecule is Cn1c(SCC(=O)NC2CC2)nnc1C1CCCN(S(=O)(=O)c2ccccc2)C1. The number of aromatic nitrogens is 3. The number of carbonyl (C=O) groups is 1. The van der Waals surface area contributed by atoms with Crippen molar-refractivity contribution in [2.45, 2.75) is 47.7 Å². The Hall–Kier alpha value is -1.91. The molecule has 1 atom stereocenters. The lowest BCUT2D eigenvalue weighted by Gasteiger charge is -2.31. The van der Waals surface area contributed by atoms with E-state index >= 15 is 0 Å². The molecule has 4 rings (SSSR count). The molecule has 1 N–H and O–H groups in total. The number of hydrogen-bond donors (Lipinski definition) is 1. The Labute approximate surface area is 175 Å². The van der Waals surface area contributed by atoms with Crippen molar-refractivity contribution >= 4 is 27.7 Å². The summed E-state index contributed by atoms with van der Waals surface area (Å²) in [5.41, 5.74) is 0. The predicted octanol–water partition coefficient (Wildman–Crippen LogP) is 1.75. The maximum atomic E-state index is 13.0. The fourth-order valence-corrected chi connectivity index (χ4v) is 5.82. The lowest BCUT2D eigenvalue weighted by atomic mass is 9.99. The van der Waals surface area contributed by atoms with E-state index < -0.39 is 10.0 Å². The molecule has 1 unspecified atom stereocenters. The van der Waals surface area contributed by atoms with E-state index in [1.165, 1.54) is 11.8 Å². The van der Waals surface area contributed by atoms with Crippen molar-refractivity contribution in [3.8, 4) is 0 Å². The van der Waals surface area contributed by atoms with E-state index in [1.54, 1.807) is 28.6 Å². The van der Waals surface area contributed by atoms with Crippen LogP contribution in [0.2, 0.25) is 0 Å². The van der Waals surface area contributed by atoms with E-state index in [0.29, 0.717) is 34.9 Å². The third kappa shape index (κ3) is 4.65. The molecule has 0 radical (unpaired) electrons. The molecule has 10 heteroatoms. The minimum absolute atomic E-state index is 0.0137. The van der Waals surface area contributed by atoms with Crippen LogP contribution >= 0.6 is 11.8 Å². The quantitative estimate of drug-likeness (QED) is 0.666. The number of hydrogen-bond acceptors (Lipinski definition) is 6. The molecule has 1 aromatic heterocycles. The summed E-state index contributed by atoms with van der Waals surface area (Å²) >= 11 is 1.36. The molecule has 0 bridgehead atoms. The number of nitrogens with zero attached hydrogens (tertiary/aromatic N) is 4. The molecule has 1 amide bonds. The highest BCUT2D eigenvalue weighted by Gasteiger charge is 2.33. The Morgan fingerprint density at radius 2 is 1.97 bits per heavy atom. The van der Waals surface area contributed by atoms with Crippen molar-refractivity contribution in [2.75, 3.05) is 18.8 Å². The van der Waals surface area contributed by atoms with Crippen molar-refractivity contribution in [3.05, 3.63) is 36.2 Å². The Bertz CT molecular complexity index is 973. The molecule has 156 valence electrons. The molecule has 8 nitrogen and oxygen atoms in total. The molecular weight excluding hydrogens is 410 g/mol. The maximum absolute atomic E-state index is 13.0. The third-order valence-electron chi connectivity index (χ3n) is 5.27. The van der Waals surface area contributed by atoms with E-state index in [2.05, 4.69) is 15.5 Å². The molecule has 1 aliphatic carbocycles. The first-order chi connectivity index (χ1) is 13.9. The highest BCUT2D eigenvalue weighted by atomic mass is 32.2. The Morgan fingerprint density at radius 1 is 1.21 bits per heavy atom. The molecular formula is C19H25N5O3S2. The lowest BCUT2D eigenvalue weighted by molar-refractivity contribution is -0.118. The van der Waals surface area contributed by atoms with Crippen LogP contribution in [0.25, 0.3) is 0 Å². The molecule has 1 saturated heterocycles. The molecule has 2 heterocycles. The van der Waals surface area contributed by atoms with E-state index in [4.69, 9.17) is 0 Å². The van der Waals surface area contributed by atoms with E-state index in [9.17, 15) is 13.2 Å². The fraction of sp³-hybridized carbons (Fsp3) is 0.526. The average Bonchev–Trinajstić information content (AvgIpc) is 3.47. The van der Waals surface area contributed by atoms with Crippen molar-refractivity contribution in [2.24, 2.45) is 7.05 Å². The van der Waals surface area contributed by atoms with Crippen molar-refractivity contribution in [3.63, 3.8) is 0 Å². The van der Waals surface area contributed by atoms with Crippen molar-refractivity contribution < 1.29 is 13.2 Å². The van der Waals surface area contributed by atoms with Gasteiger partial charge in [-0.25, -0.2) is 8.42 Å². The van der Waals surface area contributed by atoms with E-state index in [-0.39, 0.29) is 11.8 Å². The van der Waals surface area contributed by atoms with Crippen LogP contribution in [0.3, 0.4) is 0 Å². The largest absolute Gasteiger partial charge is 0.353 e. The van der Waals surface area contributed by atoms with Gasteiger partial charge in [-0.3, -0.25) is 4.79 Å². The number of sulfonamides is 1. The summed E-state index contributed by atoms with van der Waals surface area (Å²) < 4.78 is 29.3. The summed E-state index contributed by atoms with van der Waals surface area (Å²) in [4.78, 5) is 12.2. The normalized spacial score (nSPS) is 20.5. The van der Waals surface area contributed by atoms with Crippen LogP contribution in [-0.2, 0) is 21.9 Å². The molecule has 1 saturated carbocycles. The summed E-state index contributed by atoms with van der Waals surface area (Å²) in [6.07, 6.45) is 3.76. The van der Waals surface area contributed by atoms with Crippen LogP contribution < -0.4 is 5.32 Å². The maximum Gasteiger partial charge on any atom is 0.243 e. The van der Waals surface area contributed by atoms with Gasteiger partial charge in [-0.15, -0.1) is 10.2 Å². The first-order valence-electron chi connectivity index (χ1n) is 9.82. The number of thioether (sulfide) groups is 1. The number of piperidine rings is 1. The van der Waals surface area contributed by atoms with Gasteiger partial charge >= 0.3 is 0 Å². The second-order valence-electron chi connectivity index (χ2n) is 7.55. The number of benzene rings is 1. The molecule has 2 aromatic rings. The molecule has 1 aromatic carbocycles. The monoisotopic (exact) mass is 435 g/mol. The molecule has 29 heavy (non-hydrogen) atoms. The van der Waals surface area contributed by atoms with Gasteiger partial charge in [0.15, 0.2) is 5.16 Å². The highest BCUT2D eigenvalue weighted by molar-refractivity contribution is 7.99. The molecule has 1 aliphatic heterocycles. The Morgan fingerprint density at radius 3 is 2.69 bits per heavy atom. The van der Waals surface area contributed by atoms with Gasteiger partial charge in [0.1, 0.15) is 5.82 Å².